The third kappa shape index (κ3) is 3.59. The Morgan fingerprint density at radius 1 is 1.12 bits per heavy atom. The second-order valence-electron chi connectivity index (χ2n) is 7.20. The second kappa shape index (κ2) is 7.71. The summed E-state index contributed by atoms with van der Waals surface area (Å²) in [7, 11) is 0. The van der Waals surface area contributed by atoms with Gasteiger partial charge in [-0.1, -0.05) is 43.0 Å². The van der Waals surface area contributed by atoms with Crippen LogP contribution in [0.1, 0.15) is 49.4 Å². The molecule has 136 valence electrons. The summed E-state index contributed by atoms with van der Waals surface area (Å²) < 4.78 is 8.37. The van der Waals surface area contributed by atoms with Gasteiger partial charge in [0.15, 0.2) is 0 Å². The Kier molecular flexibility index (Phi) is 5.16. The molecule has 0 aliphatic heterocycles. The minimum absolute atomic E-state index is 0.578. The molecule has 0 unspecified atom stereocenters. The quantitative estimate of drug-likeness (QED) is 0.542. The van der Waals surface area contributed by atoms with Crippen LogP contribution in [0.3, 0.4) is 0 Å². The molecular formula is C22H25ClN2O. The molecule has 0 bridgehead atoms. The van der Waals surface area contributed by atoms with Crippen LogP contribution in [0.5, 0.6) is 5.75 Å². The molecule has 26 heavy (non-hydrogen) atoms. The molecule has 1 aliphatic carbocycles. The lowest BCUT2D eigenvalue weighted by molar-refractivity contribution is 0.294. The summed E-state index contributed by atoms with van der Waals surface area (Å²) in [4.78, 5) is 4.98. The van der Waals surface area contributed by atoms with E-state index in [1.807, 2.05) is 25.1 Å². The van der Waals surface area contributed by atoms with E-state index in [0.29, 0.717) is 12.5 Å². The zero-order valence-electron chi connectivity index (χ0n) is 15.2. The summed E-state index contributed by atoms with van der Waals surface area (Å²) in [5.74, 6) is 2.69. The van der Waals surface area contributed by atoms with Crippen molar-refractivity contribution in [1.29, 1.82) is 0 Å². The third-order valence-corrected chi connectivity index (χ3v) is 5.79. The first-order valence-corrected chi connectivity index (χ1v) is 9.94. The molecule has 3 nitrogen and oxygen atoms in total. The molecule has 1 fully saturated rings. The number of hydrogen-bond acceptors (Lipinski definition) is 2. The number of aryl methyl sites for hydroxylation is 1. The van der Waals surface area contributed by atoms with Crippen LogP contribution >= 0.6 is 11.6 Å². The highest BCUT2D eigenvalue weighted by Crippen LogP contribution is 2.34. The Labute approximate surface area is 160 Å². The predicted octanol–water partition coefficient (Wildman–Crippen LogP) is 6.12. The van der Waals surface area contributed by atoms with Gasteiger partial charge in [0.05, 0.1) is 17.6 Å². The monoisotopic (exact) mass is 368 g/mol. The van der Waals surface area contributed by atoms with Crippen LogP contribution in [-0.4, -0.2) is 16.2 Å². The molecule has 0 atom stereocenters. The number of aromatic nitrogens is 2. The number of halogens is 1. The highest BCUT2D eigenvalue weighted by molar-refractivity contribution is 6.31. The average molecular weight is 369 g/mol. The SMILES string of the molecule is Cc1cc(OCCn2c(C3CCCCC3)nc3ccccc32)ccc1Cl. The van der Waals surface area contributed by atoms with Gasteiger partial charge in [-0.2, -0.15) is 0 Å². The van der Waals surface area contributed by atoms with E-state index in [1.54, 1.807) is 0 Å². The third-order valence-electron chi connectivity index (χ3n) is 5.37. The Morgan fingerprint density at radius 2 is 1.92 bits per heavy atom. The van der Waals surface area contributed by atoms with Crippen molar-refractivity contribution in [3.05, 3.63) is 58.9 Å². The first-order chi connectivity index (χ1) is 12.7. The van der Waals surface area contributed by atoms with E-state index in [-0.39, 0.29) is 0 Å². The Balaban J connectivity index is 1.55. The number of benzene rings is 2. The number of ether oxygens (including phenoxy) is 1. The molecule has 1 saturated carbocycles. The molecule has 0 saturated heterocycles. The molecule has 2 aromatic carbocycles. The molecule has 1 aliphatic rings. The first-order valence-electron chi connectivity index (χ1n) is 9.56. The van der Waals surface area contributed by atoms with Crippen LogP contribution in [0.15, 0.2) is 42.5 Å². The van der Waals surface area contributed by atoms with E-state index >= 15 is 0 Å². The Bertz CT molecular complexity index is 896. The summed E-state index contributed by atoms with van der Waals surface area (Å²) in [6.07, 6.45) is 6.49. The van der Waals surface area contributed by atoms with E-state index in [4.69, 9.17) is 21.3 Å². The van der Waals surface area contributed by atoms with Gasteiger partial charge in [-0.05, 0) is 55.7 Å². The topological polar surface area (TPSA) is 27.1 Å². The number of rotatable bonds is 5. The number of fused-ring (bicyclic) bond motifs is 1. The highest BCUT2D eigenvalue weighted by atomic mass is 35.5. The van der Waals surface area contributed by atoms with Crippen LogP contribution in [0.4, 0.5) is 0 Å². The minimum atomic E-state index is 0.578. The van der Waals surface area contributed by atoms with Crippen molar-refractivity contribution in [2.45, 2.75) is 51.5 Å². The van der Waals surface area contributed by atoms with E-state index in [1.165, 1.54) is 43.4 Å². The first kappa shape index (κ1) is 17.4. The van der Waals surface area contributed by atoms with Crippen LogP contribution in [-0.2, 0) is 6.54 Å². The normalized spacial score (nSPS) is 15.5. The summed E-state index contributed by atoms with van der Waals surface area (Å²) in [5, 5.41) is 0.775. The molecule has 0 radical (unpaired) electrons. The maximum absolute atomic E-state index is 6.10. The number of para-hydroxylation sites is 2. The smallest absolute Gasteiger partial charge is 0.119 e. The fourth-order valence-corrected chi connectivity index (χ4v) is 4.08. The molecule has 4 heteroatoms. The van der Waals surface area contributed by atoms with Gasteiger partial charge in [0.25, 0.3) is 0 Å². The van der Waals surface area contributed by atoms with Gasteiger partial charge >= 0.3 is 0 Å². The minimum Gasteiger partial charge on any atom is -0.492 e. The summed E-state index contributed by atoms with van der Waals surface area (Å²) >= 11 is 6.10. The van der Waals surface area contributed by atoms with Crippen molar-refractivity contribution in [3.8, 4) is 5.75 Å². The molecule has 1 aromatic heterocycles. The summed E-state index contributed by atoms with van der Waals surface area (Å²) in [5.41, 5.74) is 3.35. The van der Waals surface area contributed by atoms with E-state index in [0.717, 1.165) is 28.4 Å². The van der Waals surface area contributed by atoms with Crippen molar-refractivity contribution < 1.29 is 4.74 Å². The fraction of sp³-hybridized carbons (Fsp3) is 0.409. The molecule has 1 heterocycles. The van der Waals surface area contributed by atoms with Crippen molar-refractivity contribution in [3.63, 3.8) is 0 Å². The maximum atomic E-state index is 6.10. The largest absolute Gasteiger partial charge is 0.492 e. The van der Waals surface area contributed by atoms with Crippen LogP contribution in [0.25, 0.3) is 11.0 Å². The zero-order chi connectivity index (χ0) is 17.9. The van der Waals surface area contributed by atoms with E-state index in [2.05, 4.69) is 28.8 Å². The van der Waals surface area contributed by atoms with Crippen molar-refractivity contribution >= 4 is 22.6 Å². The van der Waals surface area contributed by atoms with Gasteiger partial charge in [-0.3, -0.25) is 0 Å². The molecule has 0 spiro atoms. The standard InChI is InChI=1S/C22H25ClN2O/c1-16-15-18(11-12-19(16)23)26-14-13-25-21-10-6-5-9-20(21)24-22(25)17-7-3-2-4-8-17/h5-6,9-12,15,17H,2-4,7-8,13-14H2,1H3. The van der Waals surface area contributed by atoms with Gasteiger partial charge in [0.2, 0.25) is 0 Å². The van der Waals surface area contributed by atoms with Gasteiger partial charge in [-0.15, -0.1) is 0 Å². The van der Waals surface area contributed by atoms with Crippen molar-refractivity contribution in [2.24, 2.45) is 0 Å². The predicted molar refractivity (Wildman–Crippen MR) is 107 cm³/mol. The lowest BCUT2D eigenvalue weighted by atomic mass is 9.88. The van der Waals surface area contributed by atoms with Crippen LogP contribution < -0.4 is 4.74 Å². The fourth-order valence-electron chi connectivity index (χ4n) is 3.96. The number of imidazole rings is 1. The molecule has 4 rings (SSSR count). The second-order valence-corrected chi connectivity index (χ2v) is 7.61. The van der Waals surface area contributed by atoms with Gasteiger partial charge < -0.3 is 9.30 Å². The van der Waals surface area contributed by atoms with Gasteiger partial charge in [0, 0.05) is 10.9 Å². The molecular weight excluding hydrogens is 344 g/mol. The maximum Gasteiger partial charge on any atom is 0.119 e. The summed E-state index contributed by atoms with van der Waals surface area (Å²) in [6, 6.07) is 14.3. The van der Waals surface area contributed by atoms with E-state index < -0.39 is 0 Å². The lowest BCUT2D eigenvalue weighted by Crippen LogP contribution is -2.15. The zero-order valence-corrected chi connectivity index (χ0v) is 16.0. The van der Waals surface area contributed by atoms with E-state index in [9.17, 15) is 0 Å². The summed E-state index contributed by atoms with van der Waals surface area (Å²) in [6.45, 7) is 3.44. The van der Waals surface area contributed by atoms with Gasteiger partial charge in [0.1, 0.15) is 18.2 Å². The Hall–Kier alpha value is -2.00. The lowest BCUT2D eigenvalue weighted by Gasteiger charge is -2.22. The Morgan fingerprint density at radius 3 is 2.73 bits per heavy atom. The highest BCUT2D eigenvalue weighted by Gasteiger charge is 2.22. The van der Waals surface area contributed by atoms with Crippen LogP contribution in [0, 0.1) is 6.92 Å². The van der Waals surface area contributed by atoms with Gasteiger partial charge in [-0.25, -0.2) is 4.98 Å². The molecule has 0 N–H and O–H groups in total. The van der Waals surface area contributed by atoms with Crippen molar-refractivity contribution in [2.75, 3.05) is 6.61 Å². The molecule has 3 aromatic rings. The number of hydrogen-bond donors (Lipinski definition) is 0. The molecule has 0 amide bonds. The average Bonchev–Trinajstić information content (AvgIpc) is 3.04. The van der Waals surface area contributed by atoms with Crippen molar-refractivity contribution in [1.82, 2.24) is 9.55 Å². The van der Waals surface area contributed by atoms with Crippen LogP contribution in [0.2, 0.25) is 5.02 Å². The number of nitrogens with zero attached hydrogens (tertiary/aromatic N) is 2.